The summed E-state index contributed by atoms with van der Waals surface area (Å²) in [5.74, 6) is 6.30. The van der Waals surface area contributed by atoms with Crippen LogP contribution in [0, 0.1) is 29.6 Å². The summed E-state index contributed by atoms with van der Waals surface area (Å²) in [5.41, 5.74) is 0. The number of ether oxygens (including phenoxy) is 5. The molecule has 2 aliphatic heterocycles. The number of carbonyl (C=O) groups excluding carboxylic acids is 1. The number of rotatable bonds is 14. The molecule has 8 atom stereocenters. The Labute approximate surface area is 235 Å². The Balaban J connectivity index is 1.71. The normalized spacial score (nSPS) is 31.2. The topological polar surface area (TPSA) is 83.5 Å². The Morgan fingerprint density at radius 2 is 1.85 bits per heavy atom. The van der Waals surface area contributed by atoms with Crippen molar-refractivity contribution in [3.63, 3.8) is 0 Å². The Bertz CT molecular complexity index is 816. The molecule has 3 fully saturated rings. The minimum atomic E-state index is -0.461. The van der Waals surface area contributed by atoms with Crippen molar-refractivity contribution in [1.29, 1.82) is 0 Å². The van der Waals surface area contributed by atoms with Crippen LogP contribution in [0.5, 0.6) is 0 Å². The third kappa shape index (κ3) is 11.0. The van der Waals surface area contributed by atoms with E-state index < -0.39 is 6.10 Å². The second-order valence-corrected chi connectivity index (χ2v) is 11.1. The van der Waals surface area contributed by atoms with Crippen LogP contribution in [-0.2, 0) is 28.5 Å². The summed E-state index contributed by atoms with van der Waals surface area (Å²) in [4.78, 5) is 11.4. The molecule has 0 amide bonds. The van der Waals surface area contributed by atoms with Crippen molar-refractivity contribution in [1.82, 2.24) is 0 Å². The number of carbonyl (C=O) groups is 1. The van der Waals surface area contributed by atoms with Gasteiger partial charge in [0.25, 0.3) is 0 Å². The Hall–Kier alpha value is -1.69. The van der Waals surface area contributed by atoms with Crippen molar-refractivity contribution < 1.29 is 33.6 Å². The van der Waals surface area contributed by atoms with Crippen molar-refractivity contribution in [2.45, 2.75) is 122 Å². The van der Waals surface area contributed by atoms with Crippen LogP contribution < -0.4 is 0 Å². The zero-order valence-corrected chi connectivity index (χ0v) is 24.2. The predicted molar refractivity (Wildman–Crippen MR) is 151 cm³/mol. The van der Waals surface area contributed by atoms with Crippen molar-refractivity contribution >= 4 is 5.97 Å². The molecule has 2 heterocycles. The van der Waals surface area contributed by atoms with Crippen molar-refractivity contribution in [2.24, 2.45) is 17.8 Å². The van der Waals surface area contributed by atoms with E-state index in [4.69, 9.17) is 23.7 Å². The minimum absolute atomic E-state index is 0.0315. The van der Waals surface area contributed by atoms with Gasteiger partial charge in [0.05, 0.1) is 25.4 Å². The van der Waals surface area contributed by atoms with Crippen LogP contribution >= 0.6 is 0 Å². The maximum atomic E-state index is 11.4. The molecular weight excluding hydrogens is 496 g/mol. The monoisotopic (exact) mass is 546 g/mol. The second-order valence-electron chi connectivity index (χ2n) is 11.1. The van der Waals surface area contributed by atoms with Crippen LogP contribution in [0.4, 0.5) is 0 Å². The van der Waals surface area contributed by atoms with Crippen molar-refractivity contribution in [3.8, 4) is 11.8 Å². The molecule has 0 bridgehead atoms. The average Bonchev–Trinajstić information content (AvgIpc) is 3.25. The molecule has 2 saturated heterocycles. The molecule has 0 aromatic rings. The number of aliphatic hydroxyl groups is 1. The minimum Gasteiger partial charge on any atom is -0.469 e. The summed E-state index contributed by atoms with van der Waals surface area (Å²) >= 11 is 0. The van der Waals surface area contributed by atoms with E-state index in [1.807, 2.05) is 6.92 Å². The number of hydrogen-bond donors (Lipinski definition) is 1. The van der Waals surface area contributed by atoms with E-state index in [2.05, 4.69) is 43.1 Å². The number of allylic oxidation sites excluding steroid dienone is 2. The highest BCUT2D eigenvalue weighted by molar-refractivity contribution is 5.69. The Morgan fingerprint density at radius 3 is 2.51 bits per heavy atom. The first-order chi connectivity index (χ1) is 19.0. The molecule has 0 aromatic carbocycles. The third-order valence-corrected chi connectivity index (χ3v) is 8.04. The van der Waals surface area contributed by atoms with Gasteiger partial charge in [-0.1, -0.05) is 31.2 Å². The maximum Gasteiger partial charge on any atom is 0.305 e. The van der Waals surface area contributed by atoms with Gasteiger partial charge in [-0.3, -0.25) is 4.79 Å². The number of methoxy groups -OCH3 is 1. The SMILES string of the molecule is CC#CCC(C)[C@@H](C=C[C@@H]1[C@@H](CC=CCCCC(=O)OC)[C@H](O)C[C@H]1OC1CCCCO1)OC1CCCCO1. The van der Waals surface area contributed by atoms with E-state index in [0.717, 1.165) is 77.4 Å². The van der Waals surface area contributed by atoms with Gasteiger partial charge in [-0.25, -0.2) is 0 Å². The molecule has 0 spiro atoms. The summed E-state index contributed by atoms with van der Waals surface area (Å²) in [7, 11) is 1.42. The van der Waals surface area contributed by atoms with Crippen molar-refractivity contribution in [3.05, 3.63) is 24.3 Å². The lowest BCUT2D eigenvalue weighted by Crippen LogP contribution is -2.32. The largest absolute Gasteiger partial charge is 0.469 e. The smallest absolute Gasteiger partial charge is 0.305 e. The van der Waals surface area contributed by atoms with Crippen LogP contribution in [0.15, 0.2) is 24.3 Å². The van der Waals surface area contributed by atoms with E-state index in [0.29, 0.717) is 12.8 Å². The highest BCUT2D eigenvalue weighted by atomic mass is 16.7. The molecular formula is C32H50O7. The maximum absolute atomic E-state index is 11.4. The van der Waals surface area contributed by atoms with Crippen molar-refractivity contribution in [2.75, 3.05) is 20.3 Å². The standard InChI is InChI=1S/C32H50O7/c1-4-5-14-24(2)28(38-31-17-10-12-21-36-31)20-19-26-25(15-8-6-7-9-16-30(34)35-3)27(33)23-29(26)39-32-18-11-13-22-37-32/h6,8,19-20,24-29,31-33H,7,9-18,21-23H2,1-3H3/t24?,25-,26-,27-,28-,29-,31?,32?/m1/s1. The fourth-order valence-corrected chi connectivity index (χ4v) is 5.66. The lowest BCUT2D eigenvalue weighted by molar-refractivity contribution is -0.193. The van der Waals surface area contributed by atoms with Gasteiger partial charge in [0.1, 0.15) is 0 Å². The summed E-state index contributed by atoms with van der Waals surface area (Å²) in [5, 5.41) is 11.1. The molecule has 0 radical (unpaired) electrons. The van der Waals surface area contributed by atoms with E-state index in [-0.39, 0.29) is 48.5 Å². The molecule has 3 rings (SSSR count). The quantitative estimate of drug-likeness (QED) is 0.129. The summed E-state index contributed by atoms with van der Waals surface area (Å²) in [6, 6.07) is 0. The molecule has 7 heteroatoms. The zero-order valence-electron chi connectivity index (χ0n) is 24.2. The van der Waals surface area contributed by atoms with E-state index in [1.165, 1.54) is 7.11 Å². The Kier molecular flexibility index (Phi) is 14.6. The first-order valence-electron chi connectivity index (χ1n) is 15.0. The molecule has 39 heavy (non-hydrogen) atoms. The van der Waals surface area contributed by atoms with Gasteiger partial charge in [-0.15, -0.1) is 11.8 Å². The lowest BCUT2D eigenvalue weighted by atomic mass is 9.88. The van der Waals surface area contributed by atoms with E-state index in [1.54, 1.807) is 0 Å². The van der Waals surface area contributed by atoms with Crippen LogP contribution in [0.3, 0.4) is 0 Å². The number of hydrogen-bond acceptors (Lipinski definition) is 7. The molecule has 3 unspecified atom stereocenters. The fourth-order valence-electron chi connectivity index (χ4n) is 5.66. The fraction of sp³-hybridized carbons (Fsp3) is 0.781. The molecule has 3 aliphatic rings. The van der Waals surface area contributed by atoms with E-state index >= 15 is 0 Å². The molecule has 1 saturated carbocycles. The highest BCUT2D eigenvalue weighted by Crippen LogP contribution is 2.40. The molecule has 1 N–H and O–H groups in total. The van der Waals surface area contributed by atoms with Crippen LogP contribution in [0.2, 0.25) is 0 Å². The highest BCUT2D eigenvalue weighted by Gasteiger charge is 2.42. The molecule has 0 aromatic heterocycles. The zero-order chi connectivity index (χ0) is 27.9. The molecule has 220 valence electrons. The summed E-state index contributed by atoms with van der Waals surface area (Å²) in [6.07, 6.45) is 17.7. The number of unbranched alkanes of at least 4 members (excludes halogenated alkanes) is 1. The van der Waals surface area contributed by atoms with Gasteiger partial charge < -0.3 is 28.8 Å². The molecule has 1 aliphatic carbocycles. The predicted octanol–water partition coefficient (Wildman–Crippen LogP) is 5.70. The van der Waals surface area contributed by atoms with Crippen LogP contribution in [0.1, 0.15) is 90.9 Å². The van der Waals surface area contributed by atoms with Gasteiger partial charge >= 0.3 is 5.97 Å². The van der Waals surface area contributed by atoms with Gasteiger partial charge in [0, 0.05) is 38.4 Å². The van der Waals surface area contributed by atoms with Crippen LogP contribution in [0.25, 0.3) is 0 Å². The molecule has 7 nitrogen and oxygen atoms in total. The Morgan fingerprint density at radius 1 is 1.10 bits per heavy atom. The van der Waals surface area contributed by atoms with E-state index in [9.17, 15) is 9.90 Å². The third-order valence-electron chi connectivity index (χ3n) is 8.04. The van der Waals surface area contributed by atoms with Gasteiger partial charge in [-0.2, -0.15) is 0 Å². The first kappa shape index (κ1) is 31.8. The van der Waals surface area contributed by atoms with Crippen LogP contribution in [-0.4, -0.2) is 62.3 Å². The van der Waals surface area contributed by atoms with Gasteiger partial charge in [-0.05, 0) is 76.5 Å². The summed E-state index contributed by atoms with van der Waals surface area (Å²) in [6.45, 7) is 5.51. The lowest BCUT2D eigenvalue weighted by Gasteiger charge is -2.31. The average molecular weight is 547 g/mol. The number of esters is 1. The second kappa shape index (κ2) is 17.9. The number of aliphatic hydroxyl groups excluding tert-OH is 1. The summed E-state index contributed by atoms with van der Waals surface area (Å²) < 4.78 is 29.4. The first-order valence-corrected chi connectivity index (χ1v) is 15.0. The van der Waals surface area contributed by atoms with Gasteiger partial charge in [0.15, 0.2) is 12.6 Å². The van der Waals surface area contributed by atoms with Gasteiger partial charge in [0.2, 0.25) is 0 Å².